The number of furan rings is 1. The molecule has 3 rings (SSSR count). The maximum atomic E-state index is 13.3. The molecule has 0 spiro atoms. The average Bonchev–Trinajstić information content (AvgIpc) is 3.27. The molecular weight excluding hydrogens is 361 g/mol. The zero-order valence-corrected chi connectivity index (χ0v) is 14.7. The van der Waals surface area contributed by atoms with Gasteiger partial charge in [0.1, 0.15) is 0 Å². The SMILES string of the molecule is C[C@]1(CNC(=O)c2cc(F)c(F)c(F)c2)CCCN1C(=O)Cc1ccoc1. The van der Waals surface area contributed by atoms with Crippen LogP contribution in [-0.2, 0) is 11.2 Å². The topological polar surface area (TPSA) is 62.6 Å². The first-order chi connectivity index (χ1) is 12.8. The highest BCUT2D eigenvalue weighted by molar-refractivity contribution is 5.94. The Balaban J connectivity index is 1.66. The number of amides is 2. The summed E-state index contributed by atoms with van der Waals surface area (Å²) < 4.78 is 44.6. The lowest BCUT2D eigenvalue weighted by Crippen LogP contribution is -2.52. The Morgan fingerprint density at radius 2 is 1.96 bits per heavy atom. The highest BCUT2D eigenvalue weighted by Gasteiger charge is 2.39. The van der Waals surface area contributed by atoms with Gasteiger partial charge in [-0.2, -0.15) is 0 Å². The molecule has 1 aromatic heterocycles. The maximum Gasteiger partial charge on any atom is 0.251 e. The number of carbonyl (C=O) groups is 2. The van der Waals surface area contributed by atoms with Crippen molar-refractivity contribution in [3.63, 3.8) is 0 Å². The van der Waals surface area contributed by atoms with Gasteiger partial charge in [0, 0.05) is 18.7 Å². The highest BCUT2D eigenvalue weighted by atomic mass is 19.2. The molecule has 0 bridgehead atoms. The van der Waals surface area contributed by atoms with Crippen LogP contribution in [0, 0.1) is 17.5 Å². The van der Waals surface area contributed by atoms with Crippen LogP contribution in [0.15, 0.2) is 35.1 Å². The van der Waals surface area contributed by atoms with Gasteiger partial charge in [0.05, 0.1) is 24.5 Å². The predicted octanol–water partition coefficient (Wildman–Crippen LogP) is 3.05. The first-order valence-electron chi connectivity index (χ1n) is 8.54. The number of hydrogen-bond donors (Lipinski definition) is 1. The summed E-state index contributed by atoms with van der Waals surface area (Å²) in [5, 5.41) is 2.59. The lowest BCUT2D eigenvalue weighted by atomic mass is 9.98. The number of likely N-dealkylation sites (tertiary alicyclic amines) is 1. The molecule has 2 amide bonds. The largest absolute Gasteiger partial charge is 0.472 e. The first kappa shape index (κ1) is 19.0. The zero-order chi connectivity index (χ0) is 19.6. The molecule has 5 nitrogen and oxygen atoms in total. The molecule has 1 aliphatic rings. The highest BCUT2D eigenvalue weighted by Crippen LogP contribution is 2.29. The summed E-state index contributed by atoms with van der Waals surface area (Å²) in [4.78, 5) is 26.5. The molecular formula is C19H19F3N2O3. The summed E-state index contributed by atoms with van der Waals surface area (Å²) in [6.07, 6.45) is 4.64. The van der Waals surface area contributed by atoms with Gasteiger partial charge >= 0.3 is 0 Å². The zero-order valence-electron chi connectivity index (χ0n) is 14.7. The molecule has 1 aliphatic heterocycles. The average molecular weight is 380 g/mol. The third kappa shape index (κ3) is 3.99. The van der Waals surface area contributed by atoms with Crippen LogP contribution in [0.1, 0.15) is 35.7 Å². The van der Waals surface area contributed by atoms with Crippen molar-refractivity contribution in [1.29, 1.82) is 0 Å². The fourth-order valence-corrected chi connectivity index (χ4v) is 3.36. The van der Waals surface area contributed by atoms with E-state index in [9.17, 15) is 22.8 Å². The van der Waals surface area contributed by atoms with Gasteiger partial charge in [0.2, 0.25) is 5.91 Å². The third-order valence-corrected chi connectivity index (χ3v) is 4.86. The van der Waals surface area contributed by atoms with Crippen molar-refractivity contribution in [2.45, 2.75) is 31.7 Å². The molecule has 0 unspecified atom stereocenters. The Labute approximate surface area is 154 Å². The molecule has 1 fully saturated rings. The Hall–Kier alpha value is -2.77. The van der Waals surface area contributed by atoms with Gasteiger partial charge < -0.3 is 14.6 Å². The second-order valence-electron chi connectivity index (χ2n) is 6.89. The van der Waals surface area contributed by atoms with E-state index >= 15 is 0 Å². The van der Waals surface area contributed by atoms with E-state index in [1.165, 1.54) is 12.5 Å². The van der Waals surface area contributed by atoms with Crippen LogP contribution in [0.5, 0.6) is 0 Å². The van der Waals surface area contributed by atoms with Crippen LogP contribution in [0.25, 0.3) is 0 Å². The van der Waals surface area contributed by atoms with Crippen molar-refractivity contribution in [2.24, 2.45) is 0 Å². The molecule has 1 saturated heterocycles. The number of halogens is 3. The smallest absolute Gasteiger partial charge is 0.251 e. The second kappa shape index (κ2) is 7.46. The molecule has 2 aromatic rings. The minimum atomic E-state index is -1.62. The van der Waals surface area contributed by atoms with Crippen LogP contribution in [0.2, 0.25) is 0 Å². The minimum Gasteiger partial charge on any atom is -0.472 e. The van der Waals surface area contributed by atoms with Gasteiger partial charge in [-0.15, -0.1) is 0 Å². The van der Waals surface area contributed by atoms with Crippen molar-refractivity contribution in [1.82, 2.24) is 10.2 Å². The quantitative estimate of drug-likeness (QED) is 0.811. The van der Waals surface area contributed by atoms with E-state index in [1.807, 2.05) is 6.92 Å². The van der Waals surface area contributed by atoms with E-state index in [0.717, 1.165) is 12.0 Å². The number of benzene rings is 1. The van der Waals surface area contributed by atoms with Gasteiger partial charge in [0.15, 0.2) is 17.5 Å². The van der Waals surface area contributed by atoms with Gasteiger partial charge in [-0.3, -0.25) is 9.59 Å². The molecule has 2 heterocycles. The van der Waals surface area contributed by atoms with Crippen molar-refractivity contribution >= 4 is 11.8 Å². The summed E-state index contributed by atoms with van der Waals surface area (Å²) in [5.41, 5.74) is -0.173. The van der Waals surface area contributed by atoms with E-state index in [0.29, 0.717) is 25.1 Å². The van der Waals surface area contributed by atoms with Crippen molar-refractivity contribution in [2.75, 3.05) is 13.1 Å². The number of nitrogens with zero attached hydrogens (tertiary/aromatic N) is 1. The van der Waals surface area contributed by atoms with Crippen molar-refractivity contribution in [3.8, 4) is 0 Å². The van der Waals surface area contributed by atoms with E-state index in [-0.39, 0.29) is 24.4 Å². The summed E-state index contributed by atoms with van der Waals surface area (Å²) in [6, 6.07) is 3.00. The van der Waals surface area contributed by atoms with E-state index in [1.54, 1.807) is 11.0 Å². The van der Waals surface area contributed by atoms with Gasteiger partial charge in [-0.25, -0.2) is 13.2 Å². The Morgan fingerprint density at radius 3 is 2.59 bits per heavy atom. The maximum absolute atomic E-state index is 13.3. The van der Waals surface area contributed by atoms with Crippen molar-refractivity contribution in [3.05, 3.63) is 59.3 Å². The van der Waals surface area contributed by atoms with Crippen LogP contribution >= 0.6 is 0 Å². The van der Waals surface area contributed by atoms with Crippen LogP contribution in [0.3, 0.4) is 0 Å². The fourth-order valence-electron chi connectivity index (χ4n) is 3.36. The molecule has 27 heavy (non-hydrogen) atoms. The standard InChI is InChI=1S/C19H19F3N2O3/c1-19(4-2-5-24(19)16(25)7-12-3-6-27-10-12)11-23-18(26)13-8-14(20)17(22)15(21)9-13/h3,6,8-10H,2,4-5,7,11H2,1H3,(H,23,26)/t19-/m1/s1. The summed E-state index contributed by atoms with van der Waals surface area (Å²) >= 11 is 0. The number of carbonyl (C=O) groups excluding carboxylic acids is 2. The normalized spacial score (nSPS) is 19.3. The lowest BCUT2D eigenvalue weighted by molar-refractivity contribution is -0.134. The summed E-state index contributed by atoms with van der Waals surface area (Å²) in [6.45, 7) is 2.52. The Kier molecular flexibility index (Phi) is 5.25. The molecule has 1 atom stereocenters. The van der Waals surface area contributed by atoms with Gasteiger partial charge in [-0.05, 0) is 43.5 Å². The van der Waals surface area contributed by atoms with Crippen LogP contribution < -0.4 is 5.32 Å². The summed E-state index contributed by atoms with van der Waals surface area (Å²) in [5.74, 6) is -5.30. The van der Waals surface area contributed by atoms with Crippen LogP contribution in [0.4, 0.5) is 13.2 Å². The monoisotopic (exact) mass is 380 g/mol. The number of rotatable bonds is 5. The summed E-state index contributed by atoms with van der Waals surface area (Å²) in [7, 11) is 0. The third-order valence-electron chi connectivity index (χ3n) is 4.86. The van der Waals surface area contributed by atoms with Gasteiger partial charge in [0.25, 0.3) is 5.91 Å². The molecule has 0 aliphatic carbocycles. The molecule has 0 saturated carbocycles. The molecule has 8 heteroatoms. The van der Waals surface area contributed by atoms with Crippen molar-refractivity contribution < 1.29 is 27.2 Å². The Bertz CT molecular complexity index is 831. The lowest BCUT2D eigenvalue weighted by Gasteiger charge is -2.35. The van der Waals surface area contributed by atoms with E-state index < -0.39 is 28.9 Å². The minimum absolute atomic E-state index is 0.0930. The van der Waals surface area contributed by atoms with Crippen LogP contribution in [-0.4, -0.2) is 35.3 Å². The molecule has 1 aromatic carbocycles. The van der Waals surface area contributed by atoms with Gasteiger partial charge in [-0.1, -0.05) is 0 Å². The second-order valence-corrected chi connectivity index (χ2v) is 6.89. The molecule has 0 radical (unpaired) electrons. The first-order valence-corrected chi connectivity index (χ1v) is 8.54. The number of nitrogens with one attached hydrogen (secondary N) is 1. The Morgan fingerprint density at radius 1 is 1.26 bits per heavy atom. The number of hydrogen-bond acceptors (Lipinski definition) is 3. The molecule has 1 N–H and O–H groups in total. The predicted molar refractivity (Wildman–Crippen MR) is 90.4 cm³/mol. The van der Waals surface area contributed by atoms with E-state index in [2.05, 4.69) is 5.32 Å². The van der Waals surface area contributed by atoms with E-state index in [4.69, 9.17) is 4.42 Å². The molecule has 144 valence electrons. The fraction of sp³-hybridized carbons (Fsp3) is 0.368.